The van der Waals surface area contributed by atoms with Crippen molar-refractivity contribution >= 4 is 5.97 Å². The molecule has 3 heteroatoms. The Bertz CT molecular complexity index is 416. The second-order valence-corrected chi connectivity index (χ2v) is 5.55. The average Bonchev–Trinajstić information content (AvgIpc) is 2.88. The van der Waals surface area contributed by atoms with Gasteiger partial charge in [-0.05, 0) is 32.8 Å². The van der Waals surface area contributed by atoms with Gasteiger partial charge in [-0.2, -0.15) is 0 Å². The van der Waals surface area contributed by atoms with E-state index >= 15 is 0 Å². The van der Waals surface area contributed by atoms with E-state index in [0.717, 1.165) is 50.5 Å². The highest BCUT2D eigenvalue weighted by Crippen LogP contribution is 2.20. The maximum atomic E-state index is 11.1. The molecule has 0 unspecified atom stereocenters. The van der Waals surface area contributed by atoms with Gasteiger partial charge in [-0.25, -0.2) is 0 Å². The quantitative estimate of drug-likeness (QED) is 0.350. The smallest absolute Gasteiger partial charge is 0.305 e. The average molecular weight is 292 g/mol. The number of hydrogen-bond donors (Lipinski definition) is 1. The molecule has 0 aromatic heterocycles. The van der Waals surface area contributed by atoms with Crippen LogP contribution >= 0.6 is 0 Å². The molecule has 0 saturated carbocycles. The molecule has 1 N–H and O–H groups in total. The molecule has 0 saturated heterocycles. The monoisotopic (exact) mass is 292 g/mol. The lowest BCUT2D eigenvalue weighted by atomic mass is 10.1. The zero-order valence-electron chi connectivity index (χ0n) is 13.4. The van der Waals surface area contributed by atoms with Crippen LogP contribution in [0.4, 0.5) is 0 Å². The Labute approximate surface area is 128 Å². The summed E-state index contributed by atoms with van der Waals surface area (Å²) in [6, 6.07) is 0. The van der Waals surface area contributed by atoms with E-state index in [0.29, 0.717) is 18.8 Å². The molecule has 0 spiro atoms. The minimum absolute atomic E-state index is 0.0815. The second-order valence-electron chi connectivity index (χ2n) is 5.55. The van der Waals surface area contributed by atoms with Crippen LogP contribution in [0.3, 0.4) is 0 Å². The van der Waals surface area contributed by atoms with Gasteiger partial charge in [-0.3, -0.25) is 4.79 Å². The van der Waals surface area contributed by atoms with Crippen LogP contribution in [-0.4, -0.2) is 17.7 Å². The van der Waals surface area contributed by atoms with Crippen LogP contribution in [0.5, 0.6) is 0 Å². The van der Waals surface area contributed by atoms with Crippen molar-refractivity contribution in [2.45, 2.75) is 65.2 Å². The summed E-state index contributed by atoms with van der Waals surface area (Å²) in [6.07, 6.45) is 13.8. The number of aliphatic hydroxyl groups is 1. The van der Waals surface area contributed by atoms with Gasteiger partial charge in [0.25, 0.3) is 0 Å². The maximum Gasteiger partial charge on any atom is 0.305 e. The Morgan fingerprint density at radius 2 is 1.67 bits per heavy atom. The highest BCUT2D eigenvalue weighted by atomic mass is 16.5. The molecule has 0 amide bonds. The van der Waals surface area contributed by atoms with Gasteiger partial charge in [-0.1, -0.05) is 43.4 Å². The van der Waals surface area contributed by atoms with E-state index in [9.17, 15) is 9.90 Å². The van der Waals surface area contributed by atoms with Crippen molar-refractivity contribution in [1.82, 2.24) is 0 Å². The lowest BCUT2D eigenvalue weighted by Gasteiger charge is -2.04. The first-order valence-electron chi connectivity index (χ1n) is 8.07. The molecule has 0 bridgehead atoms. The Morgan fingerprint density at radius 1 is 1.05 bits per heavy atom. The van der Waals surface area contributed by atoms with E-state index in [1.807, 2.05) is 32.1 Å². The number of hydrogen-bond acceptors (Lipinski definition) is 3. The largest absolute Gasteiger partial charge is 0.512 e. The first-order valence-corrected chi connectivity index (χ1v) is 8.07. The molecule has 0 radical (unpaired) electrons. The maximum absolute atomic E-state index is 11.1. The Kier molecular flexibility index (Phi) is 8.56. The highest BCUT2D eigenvalue weighted by molar-refractivity contribution is 5.69. The second kappa shape index (κ2) is 10.3. The summed E-state index contributed by atoms with van der Waals surface area (Å²) in [4.78, 5) is 11.1. The van der Waals surface area contributed by atoms with E-state index in [1.165, 1.54) is 5.57 Å². The van der Waals surface area contributed by atoms with Crippen LogP contribution in [0.25, 0.3) is 0 Å². The predicted molar refractivity (Wildman–Crippen MR) is 86.1 cm³/mol. The van der Waals surface area contributed by atoms with Crippen LogP contribution < -0.4 is 0 Å². The molecular formula is C18H28O3. The number of rotatable bonds is 10. The van der Waals surface area contributed by atoms with Gasteiger partial charge >= 0.3 is 5.97 Å². The lowest BCUT2D eigenvalue weighted by Crippen LogP contribution is -2.03. The van der Waals surface area contributed by atoms with E-state index in [1.54, 1.807) is 0 Å². The summed E-state index contributed by atoms with van der Waals surface area (Å²) in [5, 5.41) is 9.95. The van der Waals surface area contributed by atoms with Gasteiger partial charge in [0.2, 0.25) is 0 Å². The molecule has 0 heterocycles. The molecule has 1 aliphatic carbocycles. The topological polar surface area (TPSA) is 46.5 Å². The summed E-state index contributed by atoms with van der Waals surface area (Å²) in [6.45, 7) is 4.34. The minimum atomic E-state index is -0.0815. The van der Waals surface area contributed by atoms with Crippen molar-refractivity contribution in [2.24, 2.45) is 0 Å². The zero-order valence-corrected chi connectivity index (χ0v) is 13.4. The van der Waals surface area contributed by atoms with E-state index in [4.69, 9.17) is 4.74 Å². The molecule has 1 aliphatic rings. The molecule has 1 rings (SSSR count). The summed E-state index contributed by atoms with van der Waals surface area (Å²) in [5.41, 5.74) is 2.15. The van der Waals surface area contributed by atoms with Gasteiger partial charge in [0.15, 0.2) is 0 Å². The number of allylic oxidation sites excluding steroid dienone is 6. The first kappa shape index (κ1) is 17.5. The van der Waals surface area contributed by atoms with Crippen LogP contribution in [0, 0.1) is 0 Å². The van der Waals surface area contributed by atoms with Gasteiger partial charge in [-0.15, -0.1) is 0 Å². The van der Waals surface area contributed by atoms with E-state index in [2.05, 4.69) is 0 Å². The molecule has 0 aromatic rings. The number of esters is 1. The molecule has 0 fully saturated rings. The molecule has 3 nitrogen and oxygen atoms in total. The molecule has 21 heavy (non-hydrogen) atoms. The van der Waals surface area contributed by atoms with Gasteiger partial charge in [0.1, 0.15) is 0 Å². The third-order valence-electron chi connectivity index (χ3n) is 3.59. The number of unbranched alkanes of at least 4 members (excludes halogenated alkanes) is 5. The Morgan fingerprint density at radius 3 is 2.24 bits per heavy atom. The van der Waals surface area contributed by atoms with Crippen LogP contribution in [0.15, 0.2) is 35.1 Å². The van der Waals surface area contributed by atoms with Crippen molar-refractivity contribution in [3.8, 4) is 0 Å². The van der Waals surface area contributed by atoms with Crippen molar-refractivity contribution < 1.29 is 14.6 Å². The zero-order chi connectivity index (χ0) is 15.5. The summed E-state index contributed by atoms with van der Waals surface area (Å²) in [7, 11) is 0. The number of ether oxygens (including phenoxy) is 1. The Balaban J connectivity index is 1.98. The standard InChI is InChI=1S/C18H28O3/c1-3-21-18(20)11-9-7-5-4-6-8-10-17(19)16-13-12-15(2)14-16/h12-14,19H,3-11H2,1-2H3. The SMILES string of the molecule is CCOC(=O)CCCCCCCCC(O)=C1C=CC(C)=C1. The molecule has 0 aliphatic heterocycles. The third-order valence-corrected chi connectivity index (χ3v) is 3.59. The van der Waals surface area contributed by atoms with Gasteiger partial charge in [0, 0.05) is 18.4 Å². The van der Waals surface area contributed by atoms with Crippen LogP contribution in [0.1, 0.15) is 65.2 Å². The first-order chi connectivity index (χ1) is 10.1. The summed E-state index contributed by atoms with van der Waals surface area (Å²) in [5.74, 6) is 0.424. The molecule has 118 valence electrons. The fraction of sp³-hybridized carbons (Fsp3) is 0.611. The number of aliphatic hydroxyl groups excluding tert-OH is 1. The van der Waals surface area contributed by atoms with Crippen molar-refractivity contribution in [2.75, 3.05) is 6.61 Å². The van der Waals surface area contributed by atoms with Crippen molar-refractivity contribution in [1.29, 1.82) is 0 Å². The third kappa shape index (κ3) is 7.74. The summed E-state index contributed by atoms with van der Waals surface area (Å²) < 4.78 is 4.89. The molecule has 0 aromatic carbocycles. The van der Waals surface area contributed by atoms with E-state index in [-0.39, 0.29) is 5.97 Å². The predicted octanol–water partition coefficient (Wildman–Crippen LogP) is 5.00. The normalized spacial score (nSPS) is 16.0. The number of carbonyl (C=O) groups is 1. The van der Waals surface area contributed by atoms with E-state index < -0.39 is 0 Å². The Hall–Kier alpha value is -1.51. The fourth-order valence-corrected chi connectivity index (χ4v) is 2.39. The fourth-order valence-electron chi connectivity index (χ4n) is 2.39. The van der Waals surface area contributed by atoms with Gasteiger partial charge < -0.3 is 9.84 Å². The molecular weight excluding hydrogens is 264 g/mol. The van der Waals surface area contributed by atoms with Crippen molar-refractivity contribution in [3.05, 3.63) is 35.1 Å². The molecule has 0 atom stereocenters. The van der Waals surface area contributed by atoms with Crippen LogP contribution in [0.2, 0.25) is 0 Å². The summed E-state index contributed by atoms with van der Waals surface area (Å²) >= 11 is 0. The number of carbonyl (C=O) groups excluding carboxylic acids is 1. The van der Waals surface area contributed by atoms with Crippen molar-refractivity contribution in [3.63, 3.8) is 0 Å². The lowest BCUT2D eigenvalue weighted by molar-refractivity contribution is -0.143. The van der Waals surface area contributed by atoms with Gasteiger partial charge in [0.05, 0.1) is 12.4 Å². The minimum Gasteiger partial charge on any atom is -0.512 e. The van der Waals surface area contributed by atoms with Crippen LogP contribution in [-0.2, 0) is 9.53 Å². The highest BCUT2D eigenvalue weighted by Gasteiger charge is 2.05.